The fourth-order valence-corrected chi connectivity index (χ4v) is 2.88. The third-order valence-electron chi connectivity index (χ3n) is 3.35. The van der Waals surface area contributed by atoms with Gasteiger partial charge in [0, 0.05) is 38.0 Å². The van der Waals surface area contributed by atoms with Gasteiger partial charge in [-0.25, -0.2) is 8.42 Å². The van der Waals surface area contributed by atoms with Crippen molar-refractivity contribution < 1.29 is 17.9 Å². The molecule has 1 aromatic rings. The highest BCUT2D eigenvalue weighted by Crippen LogP contribution is 2.16. The number of benzene rings is 1. The van der Waals surface area contributed by atoms with Gasteiger partial charge in [-0.2, -0.15) is 0 Å². The van der Waals surface area contributed by atoms with Gasteiger partial charge in [-0.15, -0.1) is 0 Å². The molecule has 0 saturated carbocycles. The maximum absolute atomic E-state index is 11.2. The molecule has 8 nitrogen and oxygen atoms in total. The van der Waals surface area contributed by atoms with E-state index in [9.17, 15) is 13.2 Å². The van der Waals surface area contributed by atoms with Gasteiger partial charge in [0.15, 0.2) is 5.96 Å². The summed E-state index contributed by atoms with van der Waals surface area (Å²) >= 11 is 0. The van der Waals surface area contributed by atoms with Crippen LogP contribution >= 0.6 is 0 Å². The minimum Gasteiger partial charge on any atom is -0.492 e. The Morgan fingerprint density at radius 3 is 2.69 bits per heavy atom. The number of anilines is 1. The molecule has 1 aromatic carbocycles. The Morgan fingerprint density at radius 2 is 2.08 bits per heavy atom. The zero-order chi connectivity index (χ0) is 19.6. The van der Waals surface area contributed by atoms with Crippen molar-refractivity contribution in [1.82, 2.24) is 10.6 Å². The minimum atomic E-state index is -2.97. The first-order valence-electron chi connectivity index (χ1n) is 8.35. The van der Waals surface area contributed by atoms with Crippen LogP contribution in [-0.4, -0.2) is 58.5 Å². The number of hydrogen-bond acceptors (Lipinski definition) is 5. The number of carbonyl (C=O) groups is 1. The number of carbonyl (C=O) groups excluding carboxylic acids is 1. The Bertz CT molecular complexity index is 719. The van der Waals surface area contributed by atoms with E-state index in [4.69, 9.17) is 4.74 Å². The maximum Gasteiger partial charge on any atom is 0.221 e. The molecule has 3 N–H and O–H groups in total. The molecule has 1 unspecified atom stereocenters. The Labute approximate surface area is 155 Å². The summed E-state index contributed by atoms with van der Waals surface area (Å²) in [7, 11) is -1.32. The predicted octanol–water partition coefficient (Wildman–Crippen LogP) is 1.01. The molecule has 146 valence electrons. The lowest BCUT2D eigenvalue weighted by atomic mass is 10.3. The van der Waals surface area contributed by atoms with E-state index in [2.05, 4.69) is 20.9 Å². The molecule has 1 atom stereocenters. The second kappa shape index (κ2) is 10.6. The number of guanidine groups is 1. The molecular formula is C17H28N4O4S. The van der Waals surface area contributed by atoms with Gasteiger partial charge in [0.05, 0.1) is 12.3 Å². The average molecular weight is 385 g/mol. The SMILES string of the molecule is CN=C(NCCOc1cccc(NC(C)=O)c1)NC(C)CCS(C)(=O)=O. The molecule has 0 aliphatic rings. The number of aliphatic imine (C=N–C) groups is 1. The van der Waals surface area contributed by atoms with E-state index < -0.39 is 9.84 Å². The lowest BCUT2D eigenvalue weighted by Crippen LogP contribution is -2.44. The van der Waals surface area contributed by atoms with E-state index in [-0.39, 0.29) is 17.7 Å². The van der Waals surface area contributed by atoms with Gasteiger partial charge >= 0.3 is 0 Å². The number of ether oxygens (including phenoxy) is 1. The van der Waals surface area contributed by atoms with Crippen LogP contribution in [-0.2, 0) is 14.6 Å². The van der Waals surface area contributed by atoms with Crippen molar-refractivity contribution in [2.75, 3.05) is 37.5 Å². The molecule has 0 radical (unpaired) electrons. The van der Waals surface area contributed by atoms with Gasteiger partial charge in [0.2, 0.25) is 5.91 Å². The van der Waals surface area contributed by atoms with Crippen LogP contribution in [0.2, 0.25) is 0 Å². The van der Waals surface area contributed by atoms with Crippen LogP contribution in [0.4, 0.5) is 5.69 Å². The largest absolute Gasteiger partial charge is 0.492 e. The fourth-order valence-electron chi connectivity index (χ4n) is 2.10. The summed E-state index contributed by atoms with van der Waals surface area (Å²) in [5, 5.41) is 8.95. The summed E-state index contributed by atoms with van der Waals surface area (Å²) in [4.78, 5) is 15.2. The molecule has 0 fully saturated rings. The van der Waals surface area contributed by atoms with Gasteiger partial charge < -0.3 is 20.7 Å². The van der Waals surface area contributed by atoms with Crippen molar-refractivity contribution in [3.8, 4) is 5.75 Å². The second-order valence-corrected chi connectivity index (χ2v) is 8.28. The number of nitrogens with zero attached hydrogens (tertiary/aromatic N) is 1. The van der Waals surface area contributed by atoms with Crippen LogP contribution in [0.5, 0.6) is 5.75 Å². The normalized spacial score (nSPS) is 13.0. The van der Waals surface area contributed by atoms with E-state index in [0.29, 0.717) is 37.0 Å². The summed E-state index contributed by atoms with van der Waals surface area (Å²) in [6.45, 7) is 4.28. The topological polar surface area (TPSA) is 109 Å². The first-order chi connectivity index (χ1) is 12.2. The van der Waals surface area contributed by atoms with Crippen LogP contribution in [0.3, 0.4) is 0 Å². The molecule has 0 heterocycles. The van der Waals surface area contributed by atoms with Crippen LogP contribution in [0.25, 0.3) is 0 Å². The van der Waals surface area contributed by atoms with Crippen molar-refractivity contribution in [1.29, 1.82) is 0 Å². The summed E-state index contributed by atoms with van der Waals surface area (Å²) in [5.41, 5.74) is 0.681. The van der Waals surface area contributed by atoms with E-state index in [1.807, 2.05) is 13.0 Å². The summed E-state index contributed by atoms with van der Waals surface area (Å²) in [6, 6.07) is 7.13. The molecule has 0 saturated heterocycles. The minimum absolute atomic E-state index is 0.0221. The number of nitrogens with one attached hydrogen (secondary N) is 3. The number of amides is 1. The molecule has 0 spiro atoms. The Kier molecular flexibility index (Phi) is 8.91. The Hall–Kier alpha value is -2.29. The molecule has 0 bridgehead atoms. The fraction of sp³-hybridized carbons (Fsp3) is 0.529. The van der Waals surface area contributed by atoms with E-state index in [1.165, 1.54) is 13.2 Å². The van der Waals surface area contributed by atoms with Crippen LogP contribution in [0.15, 0.2) is 29.3 Å². The van der Waals surface area contributed by atoms with Crippen LogP contribution in [0, 0.1) is 0 Å². The quantitative estimate of drug-likeness (QED) is 0.333. The smallest absolute Gasteiger partial charge is 0.221 e. The number of rotatable bonds is 9. The molecule has 0 aliphatic heterocycles. The summed E-state index contributed by atoms with van der Waals surface area (Å²) < 4.78 is 28.1. The zero-order valence-corrected chi connectivity index (χ0v) is 16.5. The van der Waals surface area contributed by atoms with Gasteiger partial charge in [0.25, 0.3) is 0 Å². The lowest BCUT2D eigenvalue weighted by Gasteiger charge is -2.17. The second-order valence-electron chi connectivity index (χ2n) is 6.02. The van der Waals surface area contributed by atoms with Crippen molar-refractivity contribution in [2.24, 2.45) is 4.99 Å². The lowest BCUT2D eigenvalue weighted by molar-refractivity contribution is -0.114. The van der Waals surface area contributed by atoms with E-state index in [0.717, 1.165) is 0 Å². The molecular weight excluding hydrogens is 356 g/mol. The maximum atomic E-state index is 11.2. The molecule has 1 rings (SSSR count). The van der Waals surface area contributed by atoms with Crippen molar-refractivity contribution >= 4 is 27.4 Å². The Morgan fingerprint density at radius 1 is 1.35 bits per heavy atom. The highest BCUT2D eigenvalue weighted by Gasteiger charge is 2.09. The number of sulfone groups is 1. The van der Waals surface area contributed by atoms with Gasteiger partial charge in [0.1, 0.15) is 22.2 Å². The summed E-state index contributed by atoms with van der Waals surface area (Å²) in [5.74, 6) is 1.24. The van der Waals surface area contributed by atoms with Crippen LogP contribution < -0.4 is 20.7 Å². The van der Waals surface area contributed by atoms with E-state index in [1.54, 1.807) is 25.2 Å². The molecule has 26 heavy (non-hydrogen) atoms. The molecule has 0 aliphatic carbocycles. The van der Waals surface area contributed by atoms with E-state index >= 15 is 0 Å². The highest BCUT2D eigenvalue weighted by atomic mass is 32.2. The number of hydrogen-bond donors (Lipinski definition) is 3. The van der Waals surface area contributed by atoms with Crippen LogP contribution in [0.1, 0.15) is 20.3 Å². The first-order valence-corrected chi connectivity index (χ1v) is 10.4. The average Bonchev–Trinajstić information content (AvgIpc) is 2.55. The standard InChI is InChI=1S/C17H28N4O4S/c1-13(8-11-26(4,23)24)20-17(18-3)19-9-10-25-16-7-5-6-15(12-16)21-14(2)22/h5-7,12-13H,8-11H2,1-4H3,(H,21,22)(H2,18,19,20). The third kappa shape index (κ3) is 9.87. The predicted molar refractivity (Wildman–Crippen MR) is 105 cm³/mol. The van der Waals surface area contributed by atoms with Gasteiger partial charge in [-0.3, -0.25) is 9.79 Å². The van der Waals surface area contributed by atoms with Gasteiger partial charge in [-0.1, -0.05) is 6.07 Å². The molecule has 1 amide bonds. The molecule has 9 heteroatoms. The van der Waals surface area contributed by atoms with Crippen molar-refractivity contribution in [3.05, 3.63) is 24.3 Å². The zero-order valence-electron chi connectivity index (χ0n) is 15.7. The Balaban J connectivity index is 2.36. The van der Waals surface area contributed by atoms with Crippen molar-refractivity contribution in [3.63, 3.8) is 0 Å². The monoisotopic (exact) mass is 384 g/mol. The summed E-state index contributed by atoms with van der Waals surface area (Å²) in [6.07, 6.45) is 1.73. The highest BCUT2D eigenvalue weighted by molar-refractivity contribution is 7.90. The molecule has 0 aromatic heterocycles. The first kappa shape index (κ1) is 21.8. The van der Waals surface area contributed by atoms with Gasteiger partial charge in [-0.05, 0) is 25.5 Å². The van der Waals surface area contributed by atoms with Crippen molar-refractivity contribution in [2.45, 2.75) is 26.3 Å². The third-order valence-corrected chi connectivity index (χ3v) is 4.32.